The summed E-state index contributed by atoms with van der Waals surface area (Å²) in [5, 5.41) is 0.860. The van der Waals surface area contributed by atoms with Gasteiger partial charge < -0.3 is 9.64 Å². The minimum absolute atomic E-state index is 0.0394. The summed E-state index contributed by atoms with van der Waals surface area (Å²) in [4.78, 5) is 20.7. The monoisotopic (exact) mass is 442 g/mol. The van der Waals surface area contributed by atoms with Crippen LogP contribution in [0.3, 0.4) is 0 Å². The second-order valence-electron chi connectivity index (χ2n) is 8.12. The number of hydrogen-bond acceptors (Lipinski definition) is 5. The predicted octanol–water partition coefficient (Wildman–Crippen LogP) is 6.46. The lowest BCUT2D eigenvalue weighted by Crippen LogP contribution is -2.34. The molecule has 1 unspecified atom stereocenters. The summed E-state index contributed by atoms with van der Waals surface area (Å²) in [6.07, 6.45) is 5.37. The number of carbonyl (C=O) groups excluding carboxylic acids is 1. The minimum Gasteiger partial charge on any atom is -0.462 e. The Labute approximate surface area is 193 Å². The van der Waals surface area contributed by atoms with Crippen LogP contribution in [0.2, 0.25) is 0 Å². The van der Waals surface area contributed by atoms with Gasteiger partial charge in [0, 0.05) is 5.70 Å². The van der Waals surface area contributed by atoms with Crippen molar-refractivity contribution in [2.45, 2.75) is 39.2 Å². The molecule has 0 N–H and O–H groups in total. The van der Waals surface area contributed by atoms with Crippen molar-refractivity contribution in [1.82, 2.24) is 4.90 Å². The van der Waals surface area contributed by atoms with Crippen LogP contribution in [0.1, 0.15) is 50.3 Å². The van der Waals surface area contributed by atoms with Gasteiger partial charge in [0.25, 0.3) is 0 Å². The number of aliphatic imine (C=N–C) groups is 1. The summed E-state index contributed by atoms with van der Waals surface area (Å²) in [5.41, 5.74) is 7.03. The van der Waals surface area contributed by atoms with E-state index in [1.807, 2.05) is 26.0 Å². The topological polar surface area (TPSA) is 41.9 Å². The Hall–Kier alpha value is -3.05. The zero-order chi connectivity index (χ0) is 22.1. The molecule has 2 heterocycles. The standard InChI is InChI=1S/C27H26N2O2S/c1-3-31-26(30)25-18(2)29-24(20-13-8-5-9-14-20)22-16-10-15-21(23(22)28-27(29)32-25)17-19-11-6-4-7-12-19/h4-9,11-14,17,24H,3,10,15-16H2,1-2H3/b21-17-. The van der Waals surface area contributed by atoms with Gasteiger partial charge in [-0.1, -0.05) is 60.7 Å². The molecule has 0 bridgehead atoms. The fourth-order valence-electron chi connectivity index (χ4n) is 4.68. The average Bonchev–Trinajstić information content (AvgIpc) is 3.15. The van der Waals surface area contributed by atoms with Crippen LogP contribution in [-0.4, -0.2) is 22.6 Å². The van der Waals surface area contributed by atoms with Crippen molar-refractivity contribution in [1.29, 1.82) is 0 Å². The van der Waals surface area contributed by atoms with Crippen molar-refractivity contribution in [3.8, 4) is 0 Å². The number of nitrogens with zero attached hydrogens (tertiary/aromatic N) is 2. The Morgan fingerprint density at radius 3 is 2.56 bits per heavy atom. The fraction of sp³-hybridized carbons (Fsp3) is 0.259. The van der Waals surface area contributed by atoms with Gasteiger partial charge in [-0.05, 0) is 73.2 Å². The van der Waals surface area contributed by atoms with Crippen LogP contribution in [0.15, 0.2) is 93.1 Å². The van der Waals surface area contributed by atoms with E-state index >= 15 is 0 Å². The summed E-state index contributed by atoms with van der Waals surface area (Å²) < 4.78 is 5.34. The summed E-state index contributed by atoms with van der Waals surface area (Å²) in [6, 6.07) is 21.0. The molecule has 5 heteroatoms. The van der Waals surface area contributed by atoms with E-state index in [0.29, 0.717) is 11.5 Å². The molecule has 0 aromatic heterocycles. The van der Waals surface area contributed by atoms with Gasteiger partial charge in [0.05, 0.1) is 18.3 Å². The van der Waals surface area contributed by atoms with Crippen molar-refractivity contribution < 1.29 is 9.53 Å². The molecule has 0 fully saturated rings. The Bertz CT molecular complexity index is 1160. The number of thioether (sulfide) groups is 1. The van der Waals surface area contributed by atoms with E-state index in [0.717, 1.165) is 35.8 Å². The van der Waals surface area contributed by atoms with E-state index in [1.54, 1.807) is 0 Å². The van der Waals surface area contributed by atoms with Gasteiger partial charge in [0.2, 0.25) is 0 Å². The first-order chi connectivity index (χ1) is 15.7. The van der Waals surface area contributed by atoms with E-state index in [9.17, 15) is 4.79 Å². The molecule has 32 heavy (non-hydrogen) atoms. The quantitative estimate of drug-likeness (QED) is 0.510. The van der Waals surface area contributed by atoms with E-state index in [-0.39, 0.29) is 12.0 Å². The lowest BCUT2D eigenvalue weighted by atomic mass is 9.83. The highest BCUT2D eigenvalue weighted by Crippen LogP contribution is 2.51. The van der Waals surface area contributed by atoms with Crippen molar-refractivity contribution >= 4 is 29.0 Å². The summed E-state index contributed by atoms with van der Waals surface area (Å²) in [6.45, 7) is 4.21. The maximum absolute atomic E-state index is 12.7. The molecule has 1 aliphatic carbocycles. The maximum Gasteiger partial charge on any atom is 0.346 e. The summed E-state index contributed by atoms with van der Waals surface area (Å²) >= 11 is 1.43. The zero-order valence-electron chi connectivity index (χ0n) is 18.4. The van der Waals surface area contributed by atoms with Gasteiger partial charge in [-0.25, -0.2) is 9.79 Å². The molecule has 3 aliphatic rings. The SMILES string of the molecule is CCOC(=O)C1=C(C)N2C(=NC3=C(CCC/C3=C/c3ccccc3)C2c2ccccc2)S1. The predicted molar refractivity (Wildman–Crippen MR) is 131 cm³/mol. The molecule has 1 atom stereocenters. The number of carbonyl (C=O) groups is 1. The first-order valence-corrected chi connectivity index (χ1v) is 12.0. The molecule has 2 aromatic carbocycles. The first kappa shape index (κ1) is 20.8. The minimum atomic E-state index is -0.267. The smallest absolute Gasteiger partial charge is 0.346 e. The molecule has 0 saturated carbocycles. The normalized spacial score (nSPS) is 21.4. The molecule has 0 radical (unpaired) electrons. The van der Waals surface area contributed by atoms with E-state index in [4.69, 9.17) is 9.73 Å². The Balaban J connectivity index is 1.64. The molecule has 2 aromatic rings. The number of esters is 1. The van der Waals surface area contributed by atoms with Crippen molar-refractivity contribution in [3.05, 3.63) is 99.2 Å². The Morgan fingerprint density at radius 2 is 1.84 bits per heavy atom. The van der Waals surface area contributed by atoms with Gasteiger partial charge in [0.15, 0.2) is 5.17 Å². The number of allylic oxidation sites excluding steroid dienone is 2. The molecular weight excluding hydrogens is 416 g/mol. The number of benzene rings is 2. The van der Waals surface area contributed by atoms with Crippen molar-refractivity contribution in [2.75, 3.05) is 6.61 Å². The van der Waals surface area contributed by atoms with E-state index in [1.165, 1.54) is 34.0 Å². The van der Waals surface area contributed by atoms with Crippen LogP contribution in [0.4, 0.5) is 0 Å². The van der Waals surface area contributed by atoms with Crippen LogP contribution in [0.25, 0.3) is 6.08 Å². The molecule has 0 spiro atoms. The van der Waals surface area contributed by atoms with Crippen LogP contribution in [0.5, 0.6) is 0 Å². The summed E-state index contributed by atoms with van der Waals surface area (Å²) in [7, 11) is 0. The molecule has 5 rings (SSSR count). The van der Waals surface area contributed by atoms with E-state index in [2.05, 4.69) is 59.5 Å². The highest BCUT2D eigenvalue weighted by molar-refractivity contribution is 8.18. The first-order valence-electron chi connectivity index (χ1n) is 11.1. The molecule has 0 saturated heterocycles. The van der Waals surface area contributed by atoms with Gasteiger partial charge in [-0.3, -0.25) is 0 Å². The van der Waals surface area contributed by atoms with Crippen LogP contribution in [-0.2, 0) is 9.53 Å². The molecule has 2 aliphatic heterocycles. The van der Waals surface area contributed by atoms with Crippen LogP contribution < -0.4 is 0 Å². The van der Waals surface area contributed by atoms with Gasteiger partial charge in [0.1, 0.15) is 4.91 Å². The number of fused-ring (bicyclic) bond motifs is 1. The Morgan fingerprint density at radius 1 is 1.12 bits per heavy atom. The second-order valence-corrected chi connectivity index (χ2v) is 9.10. The third-order valence-electron chi connectivity index (χ3n) is 6.10. The second kappa shape index (κ2) is 8.83. The molecule has 0 amide bonds. The number of ether oxygens (including phenoxy) is 1. The van der Waals surface area contributed by atoms with Crippen molar-refractivity contribution in [3.63, 3.8) is 0 Å². The number of rotatable bonds is 4. The third-order valence-corrected chi connectivity index (χ3v) is 7.24. The highest BCUT2D eigenvalue weighted by atomic mass is 32.2. The lowest BCUT2D eigenvalue weighted by molar-refractivity contribution is -0.137. The zero-order valence-corrected chi connectivity index (χ0v) is 19.2. The fourth-order valence-corrected chi connectivity index (χ4v) is 5.73. The van der Waals surface area contributed by atoms with Crippen LogP contribution in [0, 0.1) is 0 Å². The Kier molecular flexibility index (Phi) is 5.75. The van der Waals surface area contributed by atoms with Crippen molar-refractivity contribution in [2.24, 2.45) is 4.99 Å². The molecular formula is C27H26N2O2S. The molecule has 4 nitrogen and oxygen atoms in total. The average molecular weight is 443 g/mol. The largest absolute Gasteiger partial charge is 0.462 e. The number of amidine groups is 1. The highest BCUT2D eigenvalue weighted by Gasteiger charge is 2.42. The maximum atomic E-state index is 12.7. The van der Waals surface area contributed by atoms with Gasteiger partial charge >= 0.3 is 5.97 Å². The molecule has 162 valence electrons. The summed E-state index contributed by atoms with van der Waals surface area (Å²) in [5.74, 6) is -0.267. The third kappa shape index (κ3) is 3.71. The van der Waals surface area contributed by atoms with E-state index < -0.39 is 0 Å². The number of hydrogen-bond donors (Lipinski definition) is 0. The van der Waals surface area contributed by atoms with Crippen LogP contribution >= 0.6 is 11.8 Å². The van der Waals surface area contributed by atoms with Gasteiger partial charge in [-0.15, -0.1) is 0 Å². The lowest BCUT2D eigenvalue weighted by Gasteiger charge is -2.39. The van der Waals surface area contributed by atoms with Gasteiger partial charge in [-0.2, -0.15) is 0 Å².